The predicted molar refractivity (Wildman–Crippen MR) is 68.6 cm³/mol. The Labute approximate surface area is 122 Å². The first-order valence-electron chi connectivity index (χ1n) is 5.95. The van der Waals surface area contributed by atoms with Gasteiger partial charge in [0.25, 0.3) is 0 Å². The molecule has 1 aromatic carbocycles. The molecule has 0 bridgehead atoms. The van der Waals surface area contributed by atoms with E-state index in [-0.39, 0.29) is 6.54 Å². The summed E-state index contributed by atoms with van der Waals surface area (Å²) in [6.45, 7) is -0.0944. The molecule has 20 heavy (non-hydrogen) atoms. The van der Waals surface area contributed by atoms with Gasteiger partial charge in [0.15, 0.2) is 18.1 Å². The van der Waals surface area contributed by atoms with Crippen LogP contribution in [0.25, 0.3) is 0 Å². The first-order chi connectivity index (χ1) is 9.46. The van der Waals surface area contributed by atoms with Crippen molar-refractivity contribution in [1.82, 2.24) is 5.48 Å². The van der Waals surface area contributed by atoms with Gasteiger partial charge in [0.05, 0.1) is 17.7 Å². The van der Waals surface area contributed by atoms with Crippen LogP contribution in [0.4, 0.5) is 13.2 Å². The zero-order chi connectivity index (χ0) is 14.6. The molecule has 2 rings (SSSR count). The minimum atomic E-state index is -4.35. The third-order valence-corrected chi connectivity index (χ3v) is 3.07. The number of hydroxylamine groups is 1. The van der Waals surface area contributed by atoms with Crippen LogP contribution in [0.2, 0.25) is 0 Å². The van der Waals surface area contributed by atoms with E-state index in [0.29, 0.717) is 29.2 Å². The molecular formula is C12H13BrF3NO3. The van der Waals surface area contributed by atoms with Crippen molar-refractivity contribution in [2.45, 2.75) is 19.1 Å². The molecule has 4 nitrogen and oxygen atoms in total. The summed E-state index contributed by atoms with van der Waals surface area (Å²) in [7, 11) is 0. The Bertz CT molecular complexity index is 468. The largest absolute Gasteiger partial charge is 0.490 e. The van der Waals surface area contributed by atoms with Crippen LogP contribution in [-0.2, 0) is 11.4 Å². The van der Waals surface area contributed by atoms with Crippen LogP contribution in [-0.4, -0.2) is 26.0 Å². The van der Waals surface area contributed by atoms with Gasteiger partial charge in [0.1, 0.15) is 0 Å². The fraction of sp³-hybridized carbons (Fsp3) is 0.500. The van der Waals surface area contributed by atoms with Crippen molar-refractivity contribution in [1.29, 1.82) is 0 Å². The van der Waals surface area contributed by atoms with Crippen LogP contribution in [0.5, 0.6) is 11.5 Å². The molecule has 8 heteroatoms. The normalized spacial score (nSPS) is 15.0. The number of benzene rings is 1. The molecule has 1 aromatic rings. The van der Waals surface area contributed by atoms with Crippen molar-refractivity contribution in [3.63, 3.8) is 0 Å². The van der Waals surface area contributed by atoms with Crippen molar-refractivity contribution >= 4 is 15.9 Å². The van der Waals surface area contributed by atoms with Crippen LogP contribution < -0.4 is 15.0 Å². The summed E-state index contributed by atoms with van der Waals surface area (Å²) in [6.07, 6.45) is -3.57. The van der Waals surface area contributed by atoms with E-state index < -0.39 is 12.8 Å². The first kappa shape index (κ1) is 15.4. The predicted octanol–water partition coefficient (Wildman–Crippen LogP) is 3.19. The zero-order valence-corrected chi connectivity index (χ0v) is 12.0. The Hall–Kier alpha value is -0.990. The minimum Gasteiger partial charge on any atom is -0.490 e. The monoisotopic (exact) mass is 355 g/mol. The molecule has 112 valence electrons. The number of halogens is 4. The van der Waals surface area contributed by atoms with Crippen LogP contribution in [0.1, 0.15) is 12.0 Å². The topological polar surface area (TPSA) is 39.7 Å². The number of nitrogens with one attached hydrogen (secondary N) is 1. The molecule has 1 N–H and O–H groups in total. The molecule has 0 fully saturated rings. The average molecular weight is 356 g/mol. The van der Waals surface area contributed by atoms with E-state index in [0.717, 1.165) is 12.0 Å². The van der Waals surface area contributed by atoms with Gasteiger partial charge >= 0.3 is 6.18 Å². The number of alkyl halides is 3. The smallest absolute Gasteiger partial charge is 0.413 e. The maximum atomic E-state index is 11.9. The van der Waals surface area contributed by atoms with E-state index in [9.17, 15) is 13.2 Å². The second-order valence-corrected chi connectivity index (χ2v) is 5.03. The summed E-state index contributed by atoms with van der Waals surface area (Å²) in [5.74, 6) is 1.19. The molecule has 0 saturated heterocycles. The van der Waals surface area contributed by atoms with Gasteiger partial charge in [-0.15, -0.1) is 0 Å². The highest BCUT2D eigenvalue weighted by molar-refractivity contribution is 9.10. The fourth-order valence-corrected chi connectivity index (χ4v) is 2.26. The number of ether oxygens (including phenoxy) is 2. The fourth-order valence-electron chi connectivity index (χ4n) is 1.65. The molecule has 0 radical (unpaired) electrons. The molecule has 0 unspecified atom stereocenters. The van der Waals surface area contributed by atoms with Crippen molar-refractivity contribution in [2.24, 2.45) is 0 Å². The third-order valence-electron chi connectivity index (χ3n) is 2.48. The van der Waals surface area contributed by atoms with Gasteiger partial charge in [-0.1, -0.05) is 0 Å². The van der Waals surface area contributed by atoms with Crippen molar-refractivity contribution in [3.05, 3.63) is 22.2 Å². The van der Waals surface area contributed by atoms with Gasteiger partial charge in [-0.05, 0) is 33.6 Å². The summed E-state index contributed by atoms with van der Waals surface area (Å²) in [6, 6.07) is 3.47. The van der Waals surface area contributed by atoms with Crippen LogP contribution in [0.15, 0.2) is 16.6 Å². The summed E-state index contributed by atoms with van der Waals surface area (Å²) < 4.78 is 47.5. The summed E-state index contributed by atoms with van der Waals surface area (Å²) in [4.78, 5) is 4.35. The maximum absolute atomic E-state index is 11.9. The van der Waals surface area contributed by atoms with Crippen molar-refractivity contribution < 1.29 is 27.5 Å². The molecule has 1 aliphatic rings. The van der Waals surface area contributed by atoms with Gasteiger partial charge in [-0.3, -0.25) is 4.84 Å². The summed E-state index contributed by atoms with van der Waals surface area (Å²) in [5.41, 5.74) is 3.00. The van der Waals surface area contributed by atoms with E-state index in [1.807, 2.05) is 0 Å². The Morgan fingerprint density at radius 3 is 2.75 bits per heavy atom. The molecule has 0 amide bonds. The highest BCUT2D eigenvalue weighted by atomic mass is 79.9. The van der Waals surface area contributed by atoms with E-state index in [4.69, 9.17) is 9.47 Å². The Morgan fingerprint density at radius 1 is 1.25 bits per heavy atom. The molecule has 0 aliphatic carbocycles. The van der Waals surface area contributed by atoms with E-state index >= 15 is 0 Å². The number of hydrogen-bond donors (Lipinski definition) is 1. The Kier molecular flexibility index (Phi) is 5.11. The summed E-state index contributed by atoms with van der Waals surface area (Å²) >= 11 is 3.35. The Morgan fingerprint density at radius 2 is 2.00 bits per heavy atom. The Balaban J connectivity index is 1.96. The molecule has 0 atom stereocenters. The lowest BCUT2D eigenvalue weighted by atomic mass is 10.2. The van der Waals surface area contributed by atoms with Gasteiger partial charge in [-0.25, -0.2) is 0 Å². The SMILES string of the molecule is FC(F)(F)CONCc1cc(Br)c2c(c1)OCCCO2. The van der Waals surface area contributed by atoms with Crippen molar-refractivity contribution in [3.8, 4) is 11.5 Å². The molecule has 1 aliphatic heterocycles. The summed E-state index contributed by atoms with van der Waals surface area (Å²) in [5, 5.41) is 0. The van der Waals surface area contributed by atoms with Gasteiger partial charge < -0.3 is 9.47 Å². The van der Waals surface area contributed by atoms with Gasteiger partial charge in [-0.2, -0.15) is 18.7 Å². The lowest BCUT2D eigenvalue weighted by Gasteiger charge is -2.13. The van der Waals surface area contributed by atoms with Crippen LogP contribution >= 0.6 is 15.9 Å². The standard InChI is InChI=1S/C12H13BrF3NO3/c13-9-4-8(6-17-20-7-12(14,15)16)5-10-11(9)19-3-1-2-18-10/h4-5,17H,1-3,6-7H2. The molecular weight excluding hydrogens is 343 g/mol. The zero-order valence-electron chi connectivity index (χ0n) is 10.4. The third kappa shape index (κ3) is 4.53. The quantitative estimate of drug-likeness (QED) is 0.665. The maximum Gasteiger partial charge on any atom is 0.413 e. The molecule has 0 spiro atoms. The van der Waals surface area contributed by atoms with Gasteiger partial charge in [0.2, 0.25) is 0 Å². The second-order valence-electron chi connectivity index (χ2n) is 4.18. The molecule has 0 aromatic heterocycles. The minimum absolute atomic E-state index is 0.130. The molecule has 1 heterocycles. The first-order valence-corrected chi connectivity index (χ1v) is 6.74. The number of fused-ring (bicyclic) bond motifs is 1. The van der Waals surface area contributed by atoms with E-state index in [1.54, 1.807) is 12.1 Å². The van der Waals surface area contributed by atoms with E-state index in [2.05, 4.69) is 26.2 Å². The van der Waals surface area contributed by atoms with Crippen LogP contribution in [0, 0.1) is 0 Å². The highest BCUT2D eigenvalue weighted by Crippen LogP contribution is 2.38. The number of rotatable bonds is 4. The number of hydrogen-bond acceptors (Lipinski definition) is 4. The van der Waals surface area contributed by atoms with E-state index in [1.165, 1.54) is 0 Å². The second kappa shape index (κ2) is 6.64. The van der Waals surface area contributed by atoms with Crippen molar-refractivity contribution in [2.75, 3.05) is 19.8 Å². The molecule has 0 saturated carbocycles. The van der Waals surface area contributed by atoms with Gasteiger partial charge in [0, 0.05) is 13.0 Å². The highest BCUT2D eigenvalue weighted by Gasteiger charge is 2.27. The average Bonchev–Trinajstić information content (AvgIpc) is 2.59. The lowest BCUT2D eigenvalue weighted by Crippen LogP contribution is -2.24. The van der Waals surface area contributed by atoms with Crippen LogP contribution in [0.3, 0.4) is 0 Å². The lowest BCUT2D eigenvalue weighted by molar-refractivity contribution is -0.190.